The van der Waals surface area contributed by atoms with Crippen LogP contribution in [-0.2, 0) is 20.8 Å². The van der Waals surface area contributed by atoms with Gasteiger partial charge in [0.05, 0.1) is 0 Å². The van der Waals surface area contributed by atoms with Gasteiger partial charge < -0.3 is 0 Å². The number of carbonyl (C=O) groups excluding carboxylic acids is 2. The molecule has 0 saturated carbocycles. The van der Waals surface area contributed by atoms with Crippen molar-refractivity contribution >= 4 is 32.4 Å². The number of hydrogen-bond acceptors (Lipinski definition) is 6. The van der Waals surface area contributed by atoms with Crippen LogP contribution in [0.25, 0.3) is 0 Å². The Morgan fingerprint density at radius 3 is 0.808 bits per heavy atom. The molecule has 0 spiro atoms. The molecular formula is C14H12O10S2. The van der Waals surface area contributed by atoms with Gasteiger partial charge in [-0.05, 0) is 0 Å². The highest BCUT2D eigenvalue weighted by molar-refractivity contribution is 7.80. The molecule has 2 aromatic rings. The van der Waals surface area contributed by atoms with E-state index in [1.54, 1.807) is 48.5 Å². The molecule has 26 heavy (non-hydrogen) atoms. The molecule has 0 aromatic heterocycles. The third-order valence-corrected chi connectivity index (χ3v) is 2.83. The van der Waals surface area contributed by atoms with Crippen LogP contribution in [-0.4, -0.2) is 46.6 Å². The van der Waals surface area contributed by atoms with E-state index in [2.05, 4.69) is 0 Å². The monoisotopic (exact) mass is 404 g/mol. The molecule has 1 aliphatic carbocycles. The predicted molar refractivity (Wildman–Crippen MR) is 88.1 cm³/mol. The molecule has 0 aliphatic heterocycles. The summed E-state index contributed by atoms with van der Waals surface area (Å²) in [5.74, 6) is -0.128. The lowest BCUT2D eigenvalue weighted by atomic mass is 9.84. The highest BCUT2D eigenvalue weighted by atomic mass is 32.3. The van der Waals surface area contributed by atoms with Crippen molar-refractivity contribution in [2.45, 2.75) is 0 Å². The molecule has 12 heteroatoms. The van der Waals surface area contributed by atoms with Crippen molar-refractivity contribution in [1.82, 2.24) is 0 Å². The minimum absolute atomic E-state index is 0.0641. The van der Waals surface area contributed by atoms with Crippen molar-refractivity contribution in [1.29, 1.82) is 0 Å². The molecule has 3 rings (SSSR count). The maximum Gasteiger partial charge on any atom is 0.394 e. The first kappa shape index (κ1) is 21.6. The SMILES string of the molecule is O=C1c2ccccc2C(=O)c2ccccc21.O=S(=O)(O)O.O=S(=O)(O)O. The lowest BCUT2D eigenvalue weighted by Crippen LogP contribution is -2.20. The van der Waals surface area contributed by atoms with Crippen LogP contribution in [0.1, 0.15) is 31.8 Å². The molecule has 0 heterocycles. The van der Waals surface area contributed by atoms with Crippen LogP contribution in [0.3, 0.4) is 0 Å². The average Bonchev–Trinajstić information content (AvgIpc) is 2.49. The van der Waals surface area contributed by atoms with Crippen LogP contribution in [0.4, 0.5) is 0 Å². The number of fused-ring (bicyclic) bond motifs is 2. The fourth-order valence-corrected chi connectivity index (χ4v) is 2.05. The molecule has 0 unspecified atom stereocenters. The molecule has 0 saturated heterocycles. The molecule has 0 bridgehead atoms. The zero-order chi connectivity index (χ0) is 20.1. The quantitative estimate of drug-likeness (QED) is 0.396. The van der Waals surface area contributed by atoms with E-state index in [4.69, 9.17) is 35.0 Å². The van der Waals surface area contributed by atoms with Crippen LogP contribution < -0.4 is 0 Å². The Kier molecular flexibility index (Phi) is 6.86. The van der Waals surface area contributed by atoms with Gasteiger partial charge in [-0.25, -0.2) is 0 Å². The normalized spacial score (nSPS) is 12.6. The van der Waals surface area contributed by atoms with Gasteiger partial charge >= 0.3 is 20.8 Å². The Balaban J connectivity index is 0.000000284. The first-order valence-electron chi connectivity index (χ1n) is 6.46. The summed E-state index contributed by atoms with van der Waals surface area (Å²) >= 11 is 0. The first-order valence-corrected chi connectivity index (χ1v) is 9.25. The van der Waals surface area contributed by atoms with E-state index >= 15 is 0 Å². The molecule has 0 atom stereocenters. The van der Waals surface area contributed by atoms with Gasteiger partial charge in [0.2, 0.25) is 0 Å². The van der Waals surface area contributed by atoms with Crippen molar-refractivity contribution in [2.75, 3.05) is 0 Å². The fourth-order valence-electron chi connectivity index (χ4n) is 2.05. The van der Waals surface area contributed by atoms with E-state index < -0.39 is 20.8 Å². The Morgan fingerprint density at radius 1 is 0.500 bits per heavy atom. The Bertz CT molecular complexity index is 887. The molecule has 0 fully saturated rings. The molecule has 2 aromatic carbocycles. The second-order valence-electron chi connectivity index (χ2n) is 4.65. The maximum absolute atomic E-state index is 12.1. The number of hydrogen-bond donors (Lipinski definition) is 4. The van der Waals surface area contributed by atoms with Gasteiger partial charge in [0.15, 0.2) is 11.6 Å². The van der Waals surface area contributed by atoms with E-state index in [0.29, 0.717) is 22.3 Å². The molecule has 4 N–H and O–H groups in total. The summed E-state index contributed by atoms with van der Waals surface area (Å²) in [6, 6.07) is 13.9. The minimum Gasteiger partial charge on any atom is -0.289 e. The third kappa shape index (κ3) is 7.18. The highest BCUT2D eigenvalue weighted by Gasteiger charge is 2.28. The van der Waals surface area contributed by atoms with Gasteiger partial charge in [0.1, 0.15) is 0 Å². The standard InChI is InChI=1S/C14H8O2.2H2O4S/c15-13-9-5-1-2-6-10(9)14(16)12-8-4-3-7-11(12)13;2*1-5(2,3)4/h1-8H;2*(H2,1,2,3,4). The highest BCUT2D eigenvalue weighted by Crippen LogP contribution is 2.26. The van der Waals surface area contributed by atoms with Gasteiger partial charge in [-0.15, -0.1) is 0 Å². The van der Waals surface area contributed by atoms with Crippen molar-refractivity contribution in [3.63, 3.8) is 0 Å². The molecule has 1 aliphatic rings. The van der Waals surface area contributed by atoms with Gasteiger partial charge in [-0.2, -0.15) is 16.8 Å². The number of benzene rings is 2. The minimum atomic E-state index is -4.67. The van der Waals surface area contributed by atoms with Crippen LogP contribution >= 0.6 is 0 Å². The summed E-state index contributed by atoms with van der Waals surface area (Å²) in [6.45, 7) is 0. The van der Waals surface area contributed by atoms with Gasteiger partial charge in [-0.1, -0.05) is 48.5 Å². The lowest BCUT2D eigenvalue weighted by Gasteiger charge is -2.16. The largest absolute Gasteiger partial charge is 0.394 e. The second kappa shape index (κ2) is 8.27. The Hall–Kier alpha value is -2.48. The molecule has 0 radical (unpaired) electrons. The summed E-state index contributed by atoms with van der Waals surface area (Å²) in [4.78, 5) is 24.2. The number of rotatable bonds is 0. The van der Waals surface area contributed by atoms with Crippen molar-refractivity contribution in [3.8, 4) is 0 Å². The van der Waals surface area contributed by atoms with Crippen LogP contribution in [0.5, 0.6) is 0 Å². The number of carbonyl (C=O) groups is 2. The van der Waals surface area contributed by atoms with E-state index in [1.165, 1.54) is 0 Å². The Labute approximate surface area is 148 Å². The smallest absolute Gasteiger partial charge is 0.289 e. The van der Waals surface area contributed by atoms with Gasteiger partial charge in [0.25, 0.3) is 0 Å². The van der Waals surface area contributed by atoms with E-state index in [1.807, 2.05) is 0 Å². The molecular weight excluding hydrogens is 392 g/mol. The van der Waals surface area contributed by atoms with E-state index in [0.717, 1.165) is 0 Å². The molecule has 140 valence electrons. The van der Waals surface area contributed by atoms with Gasteiger partial charge in [0, 0.05) is 22.3 Å². The third-order valence-electron chi connectivity index (χ3n) is 2.83. The topological polar surface area (TPSA) is 183 Å². The summed E-state index contributed by atoms with van der Waals surface area (Å²) in [5, 5.41) is 0. The molecule has 10 nitrogen and oxygen atoms in total. The summed E-state index contributed by atoms with van der Waals surface area (Å²) in [6.07, 6.45) is 0. The maximum atomic E-state index is 12.1. The summed E-state index contributed by atoms with van der Waals surface area (Å²) < 4.78 is 63.2. The first-order chi connectivity index (χ1) is 11.8. The van der Waals surface area contributed by atoms with Crippen molar-refractivity contribution < 1.29 is 44.6 Å². The lowest BCUT2D eigenvalue weighted by molar-refractivity contribution is 0.0979. The second-order valence-corrected chi connectivity index (χ2v) is 6.44. The van der Waals surface area contributed by atoms with E-state index in [-0.39, 0.29) is 11.6 Å². The zero-order valence-corrected chi connectivity index (χ0v) is 14.3. The zero-order valence-electron chi connectivity index (χ0n) is 12.7. The van der Waals surface area contributed by atoms with Crippen molar-refractivity contribution in [2.24, 2.45) is 0 Å². The fraction of sp³-hybridized carbons (Fsp3) is 0. The van der Waals surface area contributed by atoms with Gasteiger partial charge in [-0.3, -0.25) is 27.8 Å². The summed E-state index contributed by atoms with van der Waals surface area (Å²) in [7, 11) is -9.33. The average molecular weight is 404 g/mol. The predicted octanol–water partition coefficient (Wildman–Crippen LogP) is 1.16. The molecule has 0 amide bonds. The van der Waals surface area contributed by atoms with E-state index in [9.17, 15) is 9.59 Å². The van der Waals surface area contributed by atoms with Crippen LogP contribution in [0, 0.1) is 0 Å². The Morgan fingerprint density at radius 2 is 0.654 bits per heavy atom. The van der Waals surface area contributed by atoms with Crippen LogP contribution in [0.15, 0.2) is 48.5 Å². The van der Waals surface area contributed by atoms with Crippen molar-refractivity contribution in [3.05, 3.63) is 70.8 Å². The summed E-state index contributed by atoms with van der Waals surface area (Å²) in [5.41, 5.74) is 2.02. The number of ketones is 2. The van der Waals surface area contributed by atoms with Crippen LogP contribution in [0.2, 0.25) is 0 Å².